The van der Waals surface area contributed by atoms with Gasteiger partial charge in [0.05, 0.1) is 16.9 Å². The summed E-state index contributed by atoms with van der Waals surface area (Å²) in [6.07, 6.45) is 0. The average Bonchev–Trinajstić information content (AvgIpc) is 2.67. The van der Waals surface area contributed by atoms with E-state index >= 15 is 0 Å². The first-order chi connectivity index (χ1) is 14.5. The second kappa shape index (κ2) is 8.52. The zero-order chi connectivity index (χ0) is 22.8. The van der Waals surface area contributed by atoms with Crippen LogP contribution in [0.15, 0.2) is 58.3 Å². The smallest absolute Gasteiger partial charge is 0.264 e. The Morgan fingerprint density at radius 2 is 1.29 bits per heavy atom. The molecule has 3 rings (SSSR count). The van der Waals surface area contributed by atoms with E-state index < -0.39 is 20.0 Å². The van der Waals surface area contributed by atoms with Crippen LogP contribution in [0.4, 0.5) is 11.6 Å². The van der Waals surface area contributed by atoms with Gasteiger partial charge < -0.3 is 4.74 Å². The minimum absolute atomic E-state index is 0.0304. The lowest BCUT2D eigenvalue weighted by Crippen LogP contribution is -2.16. The quantitative estimate of drug-likeness (QED) is 0.552. The Labute approximate surface area is 181 Å². The minimum Gasteiger partial charge on any atom is -0.496 e. The minimum atomic E-state index is -3.94. The topological polar surface area (TPSA) is 127 Å². The van der Waals surface area contributed by atoms with Crippen LogP contribution in [-0.4, -0.2) is 33.9 Å². The predicted molar refractivity (Wildman–Crippen MR) is 117 cm³/mol. The molecule has 0 aliphatic rings. The average molecular weight is 463 g/mol. The summed E-state index contributed by atoms with van der Waals surface area (Å²) in [6, 6.07) is 11.5. The molecule has 0 amide bonds. The van der Waals surface area contributed by atoms with Crippen LogP contribution in [0.3, 0.4) is 0 Å². The Morgan fingerprint density at radius 3 is 1.84 bits per heavy atom. The molecule has 0 aliphatic carbocycles. The normalized spacial score (nSPS) is 11.7. The molecule has 11 heteroatoms. The standard InChI is InChI=1S/C20H22N4O5S2/c1-13-11-18(9-10-19(13)29-4)31(27,28)23-16-5-7-17(8-6-16)30(25,26)24-20-21-14(2)12-15(3)22-20/h5-12,23H,1-4H3,(H,21,22,24). The van der Waals surface area contributed by atoms with E-state index in [-0.39, 0.29) is 21.4 Å². The first-order valence-corrected chi connectivity index (χ1v) is 12.1. The summed E-state index contributed by atoms with van der Waals surface area (Å²) in [5.41, 5.74) is 2.15. The van der Waals surface area contributed by atoms with Gasteiger partial charge in [-0.1, -0.05) is 0 Å². The highest BCUT2D eigenvalue weighted by molar-refractivity contribution is 7.93. The number of nitrogens with one attached hydrogen (secondary N) is 2. The van der Waals surface area contributed by atoms with Gasteiger partial charge in [0.15, 0.2) is 0 Å². The molecule has 9 nitrogen and oxygen atoms in total. The number of anilines is 2. The fourth-order valence-electron chi connectivity index (χ4n) is 2.88. The van der Waals surface area contributed by atoms with Crippen LogP contribution in [0.25, 0.3) is 0 Å². The molecule has 1 heterocycles. The van der Waals surface area contributed by atoms with Crippen LogP contribution in [0, 0.1) is 20.8 Å². The molecular formula is C20H22N4O5S2. The Hall–Kier alpha value is -3.18. The third kappa shape index (κ3) is 5.30. The molecule has 3 aromatic rings. The fraction of sp³-hybridized carbons (Fsp3) is 0.200. The van der Waals surface area contributed by atoms with Crippen molar-refractivity contribution in [1.82, 2.24) is 9.97 Å². The molecular weight excluding hydrogens is 440 g/mol. The largest absolute Gasteiger partial charge is 0.496 e. The molecule has 164 valence electrons. The number of sulfonamides is 2. The zero-order valence-corrected chi connectivity index (χ0v) is 19.0. The summed E-state index contributed by atoms with van der Waals surface area (Å²) in [5.74, 6) is 0.547. The molecule has 31 heavy (non-hydrogen) atoms. The van der Waals surface area contributed by atoms with Crippen molar-refractivity contribution >= 4 is 31.7 Å². The number of hydrogen-bond acceptors (Lipinski definition) is 7. The molecule has 0 fully saturated rings. The number of aromatic nitrogens is 2. The van der Waals surface area contributed by atoms with Crippen LogP contribution in [0.2, 0.25) is 0 Å². The number of aryl methyl sites for hydroxylation is 3. The molecule has 0 saturated heterocycles. The number of hydrogen-bond donors (Lipinski definition) is 2. The summed E-state index contributed by atoms with van der Waals surface area (Å²) in [7, 11) is -6.29. The van der Waals surface area contributed by atoms with Crippen molar-refractivity contribution in [3.05, 3.63) is 65.5 Å². The SMILES string of the molecule is COc1ccc(S(=O)(=O)Nc2ccc(S(=O)(=O)Nc3nc(C)cc(C)n3)cc2)cc1C. The van der Waals surface area contributed by atoms with Crippen LogP contribution in [0.1, 0.15) is 17.0 Å². The van der Waals surface area contributed by atoms with Gasteiger partial charge in [0, 0.05) is 17.1 Å². The molecule has 2 N–H and O–H groups in total. The fourth-order valence-corrected chi connectivity index (χ4v) is 4.97. The van der Waals surface area contributed by atoms with Gasteiger partial charge >= 0.3 is 0 Å². The third-order valence-corrected chi connectivity index (χ3v) is 7.02. The van der Waals surface area contributed by atoms with Gasteiger partial charge in [0.1, 0.15) is 5.75 Å². The highest BCUT2D eigenvalue weighted by atomic mass is 32.2. The number of ether oxygens (including phenoxy) is 1. The van der Waals surface area contributed by atoms with E-state index in [1.165, 1.54) is 43.5 Å². The Bertz CT molecular complexity index is 1300. The van der Waals surface area contributed by atoms with Crippen molar-refractivity contribution in [3.8, 4) is 5.75 Å². The van der Waals surface area contributed by atoms with Gasteiger partial charge in [-0.2, -0.15) is 0 Å². The summed E-state index contributed by atoms with van der Waals surface area (Å²) in [5, 5.41) is 0. The molecule has 0 aliphatic heterocycles. The van der Waals surface area contributed by atoms with E-state index in [1.807, 2.05) is 0 Å². The maximum absolute atomic E-state index is 12.6. The lowest BCUT2D eigenvalue weighted by Gasteiger charge is -2.11. The van der Waals surface area contributed by atoms with E-state index in [9.17, 15) is 16.8 Å². The summed E-state index contributed by atoms with van der Waals surface area (Å²) < 4.78 is 60.4. The highest BCUT2D eigenvalue weighted by Gasteiger charge is 2.18. The van der Waals surface area contributed by atoms with E-state index in [2.05, 4.69) is 19.4 Å². The van der Waals surface area contributed by atoms with Crippen LogP contribution >= 0.6 is 0 Å². The van der Waals surface area contributed by atoms with Gasteiger partial charge in [0.25, 0.3) is 20.0 Å². The van der Waals surface area contributed by atoms with E-state index in [0.717, 1.165) is 0 Å². The summed E-state index contributed by atoms with van der Waals surface area (Å²) >= 11 is 0. The van der Waals surface area contributed by atoms with Gasteiger partial charge in [-0.3, -0.25) is 4.72 Å². The molecule has 0 atom stereocenters. The van der Waals surface area contributed by atoms with Crippen molar-refractivity contribution < 1.29 is 21.6 Å². The van der Waals surface area contributed by atoms with Crippen molar-refractivity contribution in [3.63, 3.8) is 0 Å². The second-order valence-electron chi connectivity index (χ2n) is 6.84. The Morgan fingerprint density at radius 1 is 0.742 bits per heavy atom. The molecule has 0 saturated carbocycles. The Kier molecular flexibility index (Phi) is 6.18. The van der Waals surface area contributed by atoms with Crippen molar-refractivity contribution in [2.75, 3.05) is 16.6 Å². The molecule has 1 aromatic heterocycles. The van der Waals surface area contributed by atoms with E-state index in [4.69, 9.17) is 4.74 Å². The maximum atomic E-state index is 12.6. The van der Waals surface area contributed by atoms with Gasteiger partial charge in [-0.15, -0.1) is 0 Å². The molecule has 0 spiro atoms. The summed E-state index contributed by atoms with van der Waals surface area (Å²) in [4.78, 5) is 8.13. The van der Waals surface area contributed by atoms with Crippen molar-refractivity contribution in [2.45, 2.75) is 30.6 Å². The lowest BCUT2D eigenvalue weighted by atomic mass is 10.2. The van der Waals surface area contributed by atoms with Crippen LogP contribution in [-0.2, 0) is 20.0 Å². The van der Waals surface area contributed by atoms with Gasteiger partial charge in [-0.05, 0) is 74.9 Å². The zero-order valence-electron chi connectivity index (χ0n) is 17.4. The number of nitrogens with zero attached hydrogens (tertiary/aromatic N) is 2. The molecule has 0 bridgehead atoms. The van der Waals surface area contributed by atoms with Crippen molar-refractivity contribution in [1.29, 1.82) is 0 Å². The molecule has 2 aromatic carbocycles. The maximum Gasteiger partial charge on any atom is 0.264 e. The first-order valence-electron chi connectivity index (χ1n) is 9.13. The Balaban J connectivity index is 1.80. The van der Waals surface area contributed by atoms with E-state index in [0.29, 0.717) is 22.7 Å². The van der Waals surface area contributed by atoms with Crippen LogP contribution < -0.4 is 14.2 Å². The van der Waals surface area contributed by atoms with Crippen LogP contribution in [0.5, 0.6) is 5.75 Å². The monoisotopic (exact) mass is 462 g/mol. The lowest BCUT2D eigenvalue weighted by molar-refractivity contribution is 0.411. The van der Waals surface area contributed by atoms with Gasteiger partial charge in [-0.25, -0.2) is 31.5 Å². The van der Waals surface area contributed by atoms with E-state index in [1.54, 1.807) is 32.9 Å². The van der Waals surface area contributed by atoms with Crippen molar-refractivity contribution in [2.24, 2.45) is 0 Å². The number of benzene rings is 2. The third-order valence-electron chi connectivity index (χ3n) is 4.30. The molecule has 0 radical (unpaired) electrons. The second-order valence-corrected chi connectivity index (χ2v) is 10.2. The summed E-state index contributed by atoms with van der Waals surface area (Å²) in [6.45, 7) is 5.21. The molecule has 0 unspecified atom stereocenters. The van der Waals surface area contributed by atoms with Gasteiger partial charge in [0.2, 0.25) is 5.95 Å². The highest BCUT2D eigenvalue weighted by Crippen LogP contribution is 2.24. The first kappa shape index (κ1) is 22.5. The number of methoxy groups -OCH3 is 1. The predicted octanol–water partition coefficient (Wildman–Crippen LogP) is 3.01. The number of rotatable bonds is 7.